The summed E-state index contributed by atoms with van der Waals surface area (Å²) in [4.78, 5) is 23.6. The molecule has 1 spiro atoms. The number of imide groups is 1. The molecule has 7 nitrogen and oxygen atoms in total. The summed E-state index contributed by atoms with van der Waals surface area (Å²) in [5, 5.41) is 29.6. The molecule has 7 heteroatoms. The summed E-state index contributed by atoms with van der Waals surface area (Å²) in [6.45, 7) is 0.796. The van der Waals surface area contributed by atoms with Crippen LogP contribution in [0.5, 0.6) is 5.75 Å². The number of aromatic hydroxyl groups is 1. The quantitative estimate of drug-likeness (QED) is 0.475. The van der Waals surface area contributed by atoms with Crippen LogP contribution in [0, 0.1) is 0 Å². The molecule has 1 saturated carbocycles. The van der Waals surface area contributed by atoms with Gasteiger partial charge in [0.15, 0.2) is 0 Å². The molecule has 1 unspecified atom stereocenters. The van der Waals surface area contributed by atoms with E-state index in [2.05, 4.69) is 16.0 Å². The number of hydrogen-bond acceptors (Lipinski definition) is 5. The Morgan fingerprint density at radius 1 is 1.08 bits per heavy atom. The largest absolute Gasteiger partial charge is 0.508 e. The molecule has 4 rings (SSSR count). The van der Waals surface area contributed by atoms with E-state index in [1.54, 1.807) is 6.07 Å². The van der Waals surface area contributed by atoms with Crippen molar-refractivity contribution in [1.29, 1.82) is 0 Å². The fourth-order valence-corrected chi connectivity index (χ4v) is 4.61. The van der Waals surface area contributed by atoms with E-state index in [0.29, 0.717) is 32.1 Å². The molecule has 3 aliphatic rings. The summed E-state index contributed by atoms with van der Waals surface area (Å²) in [5.74, 6) is -0.00821. The minimum absolute atomic E-state index is 0.122. The van der Waals surface area contributed by atoms with Crippen molar-refractivity contribution in [1.82, 2.24) is 16.0 Å². The van der Waals surface area contributed by atoms with Gasteiger partial charge in [-0.25, -0.2) is 4.79 Å². The second-order valence-corrected chi connectivity index (χ2v) is 7.86. The monoisotopic (exact) mass is 359 g/mol. The van der Waals surface area contributed by atoms with Crippen molar-refractivity contribution in [2.75, 3.05) is 6.54 Å². The maximum absolute atomic E-state index is 12.1. The van der Waals surface area contributed by atoms with Gasteiger partial charge >= 0.3 is 6.03 Å². The minimum atomic E-state index is -0.925. The topological polar surface area (TPSA) is 111 Å². The molecule has 0 radical (unpaired) electrons. The number of carbonyl (C=O) groups is 2. The summed E-state index contributed by atoms with van der Waals surface area (Å²) in [6.07, 6.45) is 4.28. The summed E-state index contributed by atoms with van der Waals surface area (Å²) < 4.78 is 0. The smallest absolute Gasteiger partial charge is 0.322 e. The predicted octanol–water partition coefficient (Wildman–Crippen LogP) is 0.722. The van der Waals surface area contributed by atoms with Crippen LogP contribution in [0.2, 0.25) is 0 Å². The second kappa shape index (κ2) is 6.25. The first-order chi connectivity index (χ1) is 12.4. The van der Waals surface area contributed by atoms with Gasteiger partial charge in [0.05, 0.1) is 5.60 Å². The lowest BCUT2D eigenvalue weighted by Crippen LogP contribution is -2.60. The molecule has 1 aromatic carbocycles. The second-order valence-electron chi connectivity index (χ2n) is 7.86. The molecule has 3 amide bonds. The maximum atomic E-state index is 12.1. The lowest BCUT2D eigenvalue weighted by Gasteiger charge is -2.45. The van der Waals surface area contributed by atoms with Crippen LogP contribution in [0.25, 0.3) is 0 Å². The van der Waals surface area contributed by atoms with Crippen molar-refractivity contribution in [2.24, 2.45) is 0 Å². The van der Waals surface area contributed by atoms with Gasteiger partial charge in [-0.2, -0.15) is 0 Å². The Labute approximate surface area is 152 Å². The van der Waals surface area contributed by atoms with Crippen molar-refractivity contribution in [3.63, 3.8) is 0 Å². The SMILES string of the molecule is O=C1NC(=O)C2(CCC(O)(C3Cc4ccc(O)cc4CCCN3)CC2)N1. The summed E-state index contributed by atoms with van der Waals surface area (Å²) in [6, 6.07) is 4.87. The number of hydrogen-bond donors (Lipinski definition) is 5. The van der Waals surface area contributed by atoms with Gasteiger partial charge in [-0.1, -0.05) is 6.07 Å². The van der Waals surface area contributed by atoms with E-state index in [-0.39, 0.29) is 17.7 Å². The molecular formula is C19H25N3O4. The van der Waals surface area contributed by atoms with Crippen LogP contribution >= 0.6 is 0 Å². The third-order valence-corrected chi connectivity index (χ3v) is 6.26. The third kappa shape index (κ3) is 2.95. The van der Waals surface area contributed by atoms with E-state index in [0.717, 1.165) is 30.5 Å². The van der Waals surface area contributed by atoms with E-state index in [1.807, 2.05) is 12.1 Å². The number of aryl methyl sites for hydroxylation is 1. The molecule has 2 fully saturated rings. The molecule has 0 bridgehead atoms. The highest BCUT2D eigenvalue weighted by Gasteiger charge is 2.53. The Kier molecular flexibility index (Phi) is 4.16. The first-order valence-corrected chi connectivity index (χ1v) is 9.30. The first-order valence-electron chi connectivity index (χ1n) is 9.30. The molecule has 26 heavy (non-hydrogen) atoms. The van der Waals surface area contributed by atoms with Crippen LogP contribution in [0.4, 0.5) is 4.79 Å². The predicted molar refractivity (Wildman–Crippen MR) is 94.7 cm³/mol. The highest BCUT2D eigenvalue weighted by molar-refractivity contribution is 6.07. The van der Waals surface area contributed by atoms with Crippen molar-refractivity contribution in [2.45, 2.75) is 62.1 Å². The van der Waals surface area contributed by atoms with E-state index in [4.69, 9.17) is 0 Å². The number of phenolic OH excluding ortho intramolecular Hbond substituents is 1. The van der Waals surface area contributed by atoms with Crippen LogP contribution in [0.15, 0.2) is 18.2 Å². The molecule has 2 aliphatic heterocycles. The van der Waals surface area contributed by atoms with Crippen LogP contribution < -0.4 is 16.0 Å². The standard InChI is InChI=1S/C19H25N3O4/c23-14-4-3-13-11-15(20-9-1-2-12(13)10-14)19(26)7-5-18(6-8-19)16(24)21-17(25)22-18/h3-4,10,15,20,23,26H,1-2,5-9,11H2,(H2,21,22,24,25). The Bertz CT molecular complexity index is 740. The van der Waals surface area contributed by atoms with Gasteiger partial charge in [0, 0.05) is 6.04 Å². The zero-order valence-electron chi connectivity index (χ0n) is 14.7. The van der Waals surface area contributed by atoms with Gasteiger partial charge in [-0.15, -0.1) is 0 Å². The number of rotatable bonds is 1. The molecule has 0 aromatic heterocycles. The van der Waals surface area contributed by atoms with Crippen LogP contribution in [-0.4, -0.2) is 45.9 Å². The zero-order valence-corrected chi connectivity index (χ0v) is 14.7. The number of benzene rings is 1. The maximum Gasteiger partial charge on any atom is 0.322 e. The van der Waals surface area contributed by atoms with Gasteiger partial charge in [-0.3, -0.25) is 10.1 Å². The molecule has 1 aliphatic carbocycles. The first kappa shape index (κ1) is 17.3. The van der Waals surface area contributed by atoms with Crippen molar-refractivity contribution in [3.8, 4) is 5.75 Å². The fraction of sp³-hybridized carbons (Fsp3) is 0.579. The molecular weight excluding hydrogens is 334 g/mol. The van der Waals surface area contributed by atoms with E-state index < -0.39 is 17.2 Å². The Morgan fingerprint density at radius 2 is 1.85 bits per heavy atom. The van der Waals surface area contributed by atoms with Crippen LogP contribution in [0.3, 0.4) is 0 Å². The lowest BCUT2D eigenvalue weighted by molar-refractivity contribution is -0.128. The third-order valence-electron chi connectivity index (χ3n) is 6.26. The van der Waals surface area contributed by atoms with Gasteiger partial charge in [0.2, 0.25) is 0 Å². The van der Waals surface area contributed by atoms with E-state index in [1.165, 1.54) is 0 Å². The van der Waals surface area contributed by atoms with E-state index in [9.17, 15) is 19.8 Å². The number of phenols is 1. The summed E-state index contributed by atoms with van der Waals surface area (Å²) >= 11 is 0. The average Bonchev–Trinajstić information content (AvgIpc) is 2.86. The highest BCUT2D eigenvalue weighted by atomic mass is 16.3. The minimum Gasteiger partial charge on any atom is -0.508 e. The number of amides is 3. The van der Waals surface area contributed by atoms with Gasteiger partial charge < -0.3 is 20.8 Å². The highest BCUT2D eigenvalue weighted by Crippen LogP contribution is 2.39. The van der Waals surface area contributed by atoms with Crippen molar-refractivity contribution in [3.05, 3.63) is 29.3 Å². The summed E-state index contributed by atoms with van der Waals surface area (Å²) in [7, 11) is 0. The zero-order chi connectivity index (χ0) is 18.4. The van der Waals surface area contributed by atoms with Crippen LogP contribution in [0.1, 0.15) is 43.2 Å². The molecule has 1 saturated heterocycles. The van der Waals surface area contributed by atoms with Crippen molar-refractivity contribution < 1.29 is 19.8 Å². The number of nitrogens with one attached hydrogen (secondary N) is 3. The molecule has 140 valence electrons. The normalized spacial score (nSPS) is 34.6. The molecule has 1 atom stereocenters. The number of fused-ring (bicyclic) bond motifs is 1. The number of aliphatic hydroxyl groups is 1. The Balaban J connectivity index is 1.53. The van der Waals surface area contributed by atoms with Gasteiger partial charge in [0.25, 0.3) is 5.91 Å². The molecule has 5 N–H and O–H groups in total. The fourth-order valence-electron chi connectivity index (χ4n) is 4.61. The lowest BCUT2D eigenvalue weighted by atomic mass is 9.69. The van der Waals surface area contributed by atoms with E-state index >= 15 is 0 Å². The summed E-state index contributed by atoms with van der Waals surface area (Å²) in [5.41, 5.74) is 0.482. The van der Waals surface area contributed by atoms with Crippen molar-refractivity contribution >= 4 is 11.9 Å². The van der Waals surface area contributed by atoms with Crippen LogP contribution in [-0.2, 0) is 17.6 Å². The Hall–Kier alpha value is -2.12. The Morgan fingerprint density at radius 3 is 2.54 bits per heavy atom. The van der Waals surface area contributed by atoms with Gasteiger partial charge in [0.1, 0.15) is 11.3 Å². The average molecular weight is 359 g/mol. The molecule has 2 heterocycles. The van der Waals surface area contributed by atoms with Gasteiger partial charge in [-0.05, 0) is 74.8 Å². The number of urea groups is 1. The number of carbonyl (C=O) groups excluding carboxylic acids is 2. The molecule has 1 aromatic rings.